The summed E-state index contributed by atoms with van der Waals surface area (Å²) in [5, 5.41) is 2.83. The fourth-order valence-corrected chi connectivity index (χ4v) is 4.79. The van der Waals surface area contributed by atoms with Gasteiger partial charge in [-0.15, -0.1) is 0 Å². The highest BCUT2D eigenvalue weighted by Gasteiger charge is 2.29. The number of carbonyl (C=O) groups excluding carboxylic acids is 1. The van der Waals surface area contributed by atoms with Gasteiger partial charge in [0, 0.05) is 18.2 Å². The zero-order valence-corrected chi connectivity index (χ0v) is 16.1. The van der Waals surface area contributed by atoms with E-state index in [1.165, 1.54) is 10.4 Å². The van der Waals surface area contributed by atoms with Gasteiger partial charge in [0.15, 0.2) is 0 Å². The summed E-state index contributed by atoms with van der Waals surface area (Å²) in [5.41, 5.74) is 2.91. The van der Waals surface area contributed by atoms with Crippen LogP contribution in [0, 0.1) is 6.92 Å². The summed E-state index contributed by atoms with van der Waals surface area (Å²) < 4.78 is 28.0. The normalized spacial score (nSPS) is 14.2. The topological polar surface area (TPSA) is 66.5 Å². The molecule has 2 aromatic rings. The molecular formula is C20H24N2O3S. The van der Waals surface area contributed by atoms with E-state index in [1.54, 1.807) is 12.1 Å². The molecule has 0 saturated heterocycles. The molecule has 0 aromatic heterocycles. The van der Waals surface area contributed by atoms with Crippen LogP contribution in [0.15, 0.2) is 47.4 Å². The SMILES string of the molecule is Cc1ccc(S(=O)(=O)N2CCCc3ccccc32)cc1C(=O)NC(C)C. The first-order chi connectivity index (χ1) is 12.3. The molecule has 1 N–H and O–H groups in total. The summed E-state index contributed by atoms with van der Waals surface area (Å²) in [6, 6.07) is 12.3. The second-order valence-electron chi connectivity index (χ2n) is 6.91. The number of anilines is 1. The monoisotopic (exact) mass is 372 g/mol. The van der Waals surface area contributed by atoms with Gasteiger partial charge in [0.25, 0.3) is 15.9 Å². The van der Waals surface area contributed by atoms with Gasteiger partial charge in [-0.2, -0.15) is 0 Å². The number of carbonyl (C=O) groups is 1. The van der Waals surface area contributed by atoms with Crippen molar-refractivity contribution >= 4 is 21.6 Å². The number of nitrogens with one attached hydrogen (secondary N) is 1. The third-order valence-electron chi connectivity index (χ3n) is 4.53. The van der Waals surface area contributed by atoms with Crippen LogP contribution >= 0.6 is 0 Å². The Bertz CT molecular complexity index is 936. The van der Waals surface area contributed by atoms with E-state index in [0.29, 0.717) is 12.1 Å². The van der Waals surface area contributed by atoms with Gasteiger partial charge >= 0.3 is 0 Å². The summed E-state index contributed by atoms with van der Waals surface area (Å²) in [7, 11) is -3.72. The van der Waals surface area contributed by atoms with Gasteiger partial charge in [-0.25, -0.2) is 8.42 Å². The molecule has 26 heavy (non-hydrogen) atoms. The predicted molar refractivity (Wildman–Crippen MR) is 103 cm³/mol. The molecule has 3 rings (SSSR count). The largest absolute Gasteiger partial charge is 0.350 e. The number of aryl methyl sites for hydroxylation is 2. The Balaban J connectivity index is 2.02. The molecule has 0 spiro atoms. The number of hydrogen-bond acceptors (Lipinski definition) is 3. The van der Waals surface area contributed by atoms with Gasteiger partial charge in [-0.3, -0.25) is 9.10 Å². The molecule has 0 saturated carbocycles. The Kier molecular flexibility index (Phi) is 5.05. The van der Waals surface area contributed by atoms with E-state index in [4.69, 9.17) is 0 Å². The highest BCUT2D eigenvalue weighted by Crippen LogP contribution is 2.32. The van der Waals surface area contributed by atoms with Crippen molar-refractivity contribution in [3.63, 3.8) is 0 Å². The van der Waals surface area contributed by atoms with Crippen LogP contribution in [0.1, 0.15) is 41.8 Å². The molecule has 6 heteroatoms. The molecule has 0 aliphatic carbocycles. The summed E-state index contributed by atoms with van der Waals surface area (Å²) in [6.07, 6.45) is 1.65. The van der Waals surface area contributed by atoms with Crippen molar-refractivity contribution in [1.29, 1.82) is 0 Å². The molecule has 0 atom stereocenters. The van der Waals surface area contributed by atoms with Crippen molar-refractivity contribution in [3.05, 3.63) is 59.2 Å². The van der Waals surface area contributed by atoms with Crippen LogP contribution in [0.25, 0.3) is 0 Å². The first kappa shape index (κ1) is 18.5. The summed E-state index contributed by atoms with van der Waals surface area (Å²) in [5.74, 6) is -0.256. The second-order valence-corrected chi connectivity index (χ2v) is 8.78. The van der Waals surface area contributed by atoms with Gasteiger partial charge in [-0.05, 0) is 62.9 Å². The minimum absolute atomic E-state index is 0.0175. The van der Waals surface area contributed by atoms with E-state index in [-0.39, 0.29) is 16.8 Å². The first-order valence-electron chi connectivity index (χ1n) is 8.83. The van der Waals surface area contributed by atoms with E-state index in [0.717, 1.165) is 29.7 Å². The molecule has 1 aliphatic heterocycles. The fraction of sp³-hybridized carbons (Fsp3) is 0.350. The lowest BCUT2D eigenvalue weighted by Gasteiger charge is -2.30. The zero-order chi connectivity index (χ0) is 18.9. The van der Waals surface area contributed by atoms with Crippen molar-refractivity contribution in [2.45, 2.75) is 44.6 Å². The molecule has 0 unspecified atom stereocenters. The van der Waals surface area contributed by atoms with E-state index >= 15 is 0 Å². The third-order valence-corrected chi connectivity index (χ3v) is 6.34. The Labute approximate surface area is 155 Å². The highest BCUT2D eigenvalue weighted by atomic mass is 32.2. The van der Waals surface area contributed by atoms with Crippen molar-refractivity contribution in [1.82, 2.24) is 5.32 Å². The van der Waals surface area contributed by atoms with Crippen LogP contribution < -0.4 is 9.62 Å². The standard InChI is InChI=1S/C20H24N2O3S/c1-14(2)21-20(23)18-13-17(11-10-15(18)3)26(24,25)22-12-6-8-16-7-4-5-9-19(16)22/h4-5,7,9-11,13-14H,6,8,12H2,1-3H3,(H,21,23). The molecule has 138 valence electrons. The van der Waals surface area contributed by atoms with Crippen LogP contribution in [0.4, 0.5) is 5.69 Å². The minimum Gasteiger partial charge on any atom is -0.350 e. The first-order valence-corrected chi connectivity index (χ1v) is 10.3. The Hall–Kier alpha value is -2.34. The van der Waals surface area contributed by atoms with Crippen LogP contribution in [0.5, 0.6) is 0 Å². The second kappa shape index (κ2) is 7.11. The highest BCUT2D eigenvalue weighted by molar-refractivity contribution is 7.92. The van der Waals surface area contributed by atoms with Crippen LogP contribution in [0.3, 0.4) is 0 Å². The molecule has 1 heterocycles. The predicted octanol–water partition coefficient (Wildman–Crippen LogP) is 3.27. The summed E-state index contributed by atoms with van der Waals surface area (Å²) in [4.78, 5) is 12.6. The molecule has 0 bridgehead atoms. The lowest BCUT2D eigenvalue weighted by Crippen LogP contribution is -2.36. The number of sulfonamides is 1. The van der Waals surface area contributed by atoms with Crippen LogP contribution in [0.2, 0.25) is 0 Å². The van der Waals surface area contributed by atoms with Crippen molar-refractivity contribution < 1.29 is 13.2 Å². The molecule has 0 fully saturated rings. The smallest absolute Gasteiger partial charge is 0.264 e. The Morgan fingerprint density at radius 2 is 1.88 bits per heavy atom. The number of benzene rings is 2. The van der Waals surface area contributed by atoms with Crippen molar-refractivity contribution in [2.24, 2.45) is 0 Å². The van der Waals surface area contributed by atoms with E-state index in [9.17, 15) is 13.2 Å². The summed E-state index contributed by atoms with van der Waals surface area (Å²) >= 11 is 0. The number of rotatable bonds is 4. The van der Waals surface area contributed by atoms with Crippen molar-refractivity contribution in [2.75, 3.05) is 10.8 Å². The van der Waals surface area contributed by atoms with Gasteiger partial charge in [-0.1, -0.05) is 24.3 Å². The molecule has 2 aromatic carbocycles. The average molecular weight is 372 g/mol. The lowest BCUT2D eigenvalue weighted by molar-refractivity contribution is 0.0942. The quantitative estimate of drug-likeness (QED) is 0.896. The van der Waals surface area contributed by atoms with Gasteiger partial charge in [0.2, 0.25) is 0 Å². The molecule has 1 amide bonds. The summed E-state index contributed by atoms with van der Waals surface area (Å²) in [6.45, 7) is 6.00. The maximum absolute atomic E-state index is 13.3. The van der Waals surface area contributed by atoms with Crippen LogP contribution in [-0.2, 0) is 16.4 Å². The van der Waals surface area contributed by atoms with E-state index in [1.807, 2.05) is 45.0 Å². The van der Waals surface area contributed by atoms with Crippen molar-refractivity contribution in [3.8, 4) is 0 Å². The molecule has 0 radical (unpaired) electrons. The van der Waals surface area contributed by atoms with Gasteiger partial charge < -0.3 is 5.32 Å². The molecule has 1 aliphatic rings. The minimum atomic E-state index is -3.72. The Morgan fingerprint density at radius 1 is 1.15 bits per heavy atom. The third kappa shape index (κ3) is 3.46. The van der Waals surface area contributed by atoms with Gasteiger partial charge in [0.1, 0.15) is 0 Å². The number of para-hydroxylation sites is 1. The van der Waals surface area contributed by atoms with E-state index < -0.39 is 10.0 Å². The van der Waals surface area contributed by atoms with Crippen LogP contribution in [-0.4, -0.2) is 26.9 Å². The number of hydrogen-bond donors (Lipinski definition) is 1. The van der Waals surface area contributed by atoms with Gasteiger partial charge in [0.05, 0.1) is 10.6 Å². The number of fused-ring (bicyclic) bond motifs is 1. The lowest BCUT2D eigenvalue weighted by atomic mass is 10.0. The van der Waals surface area contributed by atoms with E-state index in [2.05, 4.69) is 5.32 Å². The maximum Gasteiger partial charge on any atom is 0.264 e. The number of nitrogens with zero attached hydrogens (tertiary/aromatic N) is 1. The Morgan fingerprint density at radius 3 is 2.62 bits per heavy atom. The molecule has 5 nitrogen and oxygen atoms in total. The average Bonchev–Trinajstić information content (AvgIpc) is 2.60. The number of amides is 1. The zero-order valence-electron chi connectivity index (χ0n) is 15.3. The molecular weight excluding hydrogens is 348 g/mol. The fourth-order valence-electron chi connectivity index (χ4n) is 3.22. The maximum atomic E-state index is 13.3.